The maximum absolute atomic E-state index is 12.6. The van der Waals surface area contributed by atoms with Gasteiger partial charge in [0.05, 0.1) is 11.4 Å². The fourth-order valence-corrected chi connectivity index (χ4v) is 2.68. The maximum atomic E-state index is 12.6. The Balaban J connectivity index is 1.77. The molecular formula is C22H17ClN2O4. The molecule has 2 N–H and O–H groups in total. The first-order valence-electron chi connectivity index (χ1n) is 8.68. The quantitative estimate of drug-likeness (QED) is 0.470. The summed E-state index contributed by atoms with van der Waals surface area (Å²) in [6.45, 7) is 1.28. The molecule has 0 heterocycles. The average Bonchev–Trinajstić information content (AvgIpc) is 2.69. The molecule has 6 nitrogen and oxygen atoms in total. The second-order valence-electron chi connectivity index (χ2n) is 6.08. The van der Waals surface area contributed by atoms with Crippen molar-refractivity contribution in [2.75, 3.05) is 10.6 Å². The van der Waals surface area contributed by atoms with E-state index < -0.39 is 11.9 Å². The standard InChI is InChI=1S/C22H17ClN2O4/c1-14(26)29-18-6-4-5-16(13-18)22(28)25-20-8-3-2-7-19(20)24-21(27)15-9-11-17(23)12-10-15/h2-13H,1H3,(H,24,27)(H,25,28). The van der Waals surface area contributed by atoms with Crippen LogP contribution in [0.15, 0.2) is 72.8 Å². The summed E-state index contributed by atoms with van der Waals surface area (Å²) in [6.07, 6.45) is 0. The predicted octanol–water partition coefficient (Wildman–Crippen LogP) is 4.77. The zero-order chi connectivity index (χ0) is 20.8. The number of carbonyl (C=O) groups is 3. The molecule has 0 radical (unpaired) electrons. The summed E-state index contributed by atoms with van der Waals surface area (Å²) >= 11 is 5.85. The van der Waals surface area contributed by atoms with Crippen molar-refractivity contribution in [1.82, 2.24) is 0 Å². The molecule has 0 aliphatic carbocycles. The molecule has 146 valence electrons. The zero-order valence-electron chi connectivity index (χ0n) is 15.4. The summed E-state index contributed by atoms with van der Waals surface area (Å²) in [4.78, 5) is 36.2. The lowest BCUT2D eigenvalue weighted by atomic mass is 10.1. The summed E-state index contributed by atoms with van der Waals surface area (Å²) in [5.41, 5.74) is 1.61. The third-order valence-corrected chi connectivity index (χ3v) is 4.14. The van der Waals surface area contributed by atoms with E-state index in [-0.39, 0.29) is 11.7 Å². The number of esters is 1. The van der Waals surface area contributed by atoms with Crippen LogP contribution in [0.1, 0.15) is 27.6 Å². The number of carbonyl (C=O) groups excluding carboxylic acids is 3. The number of hydrogen-bond donors (Lipinski definition) is 2. The smallest absolute Gasteiger partial charge is 0.308 e. The average molecular weight is 409 g/mol. The molecule has 0 spiro atoms. The van der Waals surface area contributed by atoms with Gasteiger partial charge in [-0.05, 0) is 54.6 Å². The van der Waals surface area contributed by atoms with Crippen LogP contribution in [0, 0.1) is 0 Å². The van der Waals surface area contributed by atoms with Crippen molar-refractivity contribution in [2.24, 2.45) is 0 Å². The predicted molar refractivity (Wildman–Crippen MR) is 112 cm³/mol. The summed E-state index contributed by atoms with van der Waals surface area (Å²) < 4.78 is 5.00. The normalized spacial score (nSPS) is 10.1. The van der Waals surface area contributed by atoms with E-state index in [1.165, 1.54) is 13.0 Å². The number of amides is 2. The van der Waals surface area contributed by atoms with Crippen LogP contribution in [0.25, 0.3) is 0 Å². The second-order valence-corrected chi connectivity index (χ2v) is 6.52. The first-order valence-corrected chi connectivity index (χ1v) is 9.06. The largest absolute Gasteiger partial charge is 0.427 e. The highest BCUT2D eigenvalue weighted by Crippen LogP contribution is 2.23. The Hall–Kier alpha value is -3.64. The van der Waals surface area contributed by atoms with Crippen LogP contribution in [0.4, 0.5) is 11.4 Å². The molecule has 0 unspecified atom stereocenters. The lowest BCUT2D eigenvalue weighted by molar-refractivity contribution is -0.131. The monoisotopic (exact) mass is 408 g/mol. The van der Waals surface area contributed by atoms with Gasteiger partial charge in [0.1, 0.15) is 5.75 Å². The van der Waals surface area contributed by atoms with Crippen LogP contribution in [0.2, 0.25) is 5.02 Å². The van der Waals surface area contributed by atoms with Gasteiger partial charge in [-0.1, -0.05) is 29.8 Å². The summed E-state index contributed by atoms with van der Waals surface area (Å²) in [7, 11) is 0. The Morgan fingerprint density at radius 2 is 1.34 bits per heavy atom. The number of rotatable bonds is 5. The second kappa shape index (κ2) is 9.03. The SMILES string of the molecule is CC(=O)Oc1cccc(C(=O)Nc2ccccc2NC(=O)c2ccc(Cl)cc2)c1. The van der Waals surface area contributed by atoms with Gasteiger partial charge in [-0.2, -0.15) is 0 Å². The van der Waals surface area contributed by atoms with Gasteiger partial charge in [-0.15, -0.1) is 0 Å². The molecular weight excluding hydrogens is 392 g/mol. The molecule has 0 saturated carbocycles. The number of hydrogen-bond acceptors (Lipinski definition) is 4. The molecule has 0 fully saturated rings. The molecule has 3 rings (SSSR count). The van der Waals surface area contributed by atoms with E-state index in [4.69, 9.17) is 16.3 Å². The number of ether oxygens (including phenoxy) is 1. The van der Waals surface area contributed by atoms with Gasteiger partial charge in [-0.25, -0.2) is 0 Å². The van der Waals surface area contributed by atoms with Gasteiger partial charge < -0.3 is 15.4 Å². The number of anilines is 2. The molecule has 29 heavy (non-hydrogen) atoms. The number of benzene rings is 3. The van der Waals surface area contributed by atoms with E-state index >= 15 is 0 Å². The Kier molecular flexibility index (Phi) is 6.26. The van der Waals surface area contributed by atoms with Gasteiger partial charge >= 0.3 is 5.97 Å². The number of para-hydroxylation sites is 2. The first kappa shape index (κ1) is 20.1. The molecule has 0 saturated heterocycles. The van der Waals surface area contributed by atoms with Gasteiger partial charge in [0.2, 0.25) is 0 Å². The van der Waals surface area contributed by atoms with E-state index in [2.05, 4.69) is 10.6 Å². The van der Waals surface area contributed by atoms with E-state index in [0.29, 0.717) is 27.5 Å². The molecule has 0 aliphatic rings. The fraction of sp³-hybridized carbons (Fsp3) is 0.0455. The lowest BCUT2D eigenvalue weighted by Gasteiger charge is -2.13. The third kappa shape index (κ3) is 5.43. The molecule has 3 aromatic carbocycles. The molecule has 2 amide bonds. The zero-order valence-corrected chi connectivity index (χ0v) is 16.2. The van der Waals surface area contributed by atoms with Crippen molar-refractivity contribution >= 4 is 40.8 Å². The Labute approximate surface area is 172 Å². The Morgan fingerprint density at radius 3 is 1.93 bits per heavy atom. The Bertz CT molecular complexity index is 1060. The van der Waals surface area contributed by atoms with Crippen LogP contribution in [-0.4, -0.2) is 17.8 Å². The lowest BCUT2D eigenvalue weighted by Crippen LogP contribution is -2.17. The van der Waals surface area contributed by atoms with Crippen LogP contribution in [-0.2, 0) is 4.79 Å². The Morgan fingerprint density at radius 1 is 0.759 bits per heavy atom. The van der Waals surface area contributed by atoms with Crippen molar-refractivity contribution in [3.8, 4) is 5.75 Å². The molecule has 0 bridgehead atoms. The molecule has 0 aromatic heterocycles. The summed E-state index contributed by atoms with van der Waals surface area (Å²) in [5.74, 6) is -0.945. The minimum atomic E-state index is -0.474. The third-order valence-electron chi connectivity index (χ3n) is 3.89. The highest BCUT2D eigenvalue weighted by molar-refractivity contribution is 6.30. The highest BCUT2D eigenvalue weighted by Gasteiger charge is 2.13. The minimum absolute atomic E-state index is 0.273. The fourth-order valence-electron chi connectivity index (χ4n) is 2.56. The van der Waals surface area contributed by atoms with Crippen molar-refractivity contribution in [3.63, 3.8) is 0 Å². The van der Waals surface area contributed by atoms with Gasteiger partial charge in [-0.3, -0.25) is 14.4 Å². The van der Waals surface area contributed by atoms with Crippen LogP contribution >= 0.6 is 11.6 Å². The van der Waals surface area contributed by atoms with E-state index in [1.54, 1.807) is 66.7 Å². The number of nitrogens with one attached hydrogen (secondary N) is 2. The minimum Gasteiger partial charge on any atom is -0.427 e. The van der Waals surface area contributed by atoms with Crippen molar-refractivity contribution in [2.45, 2.75) is 6.92 Å². The van der Waals surface area contributed by atoms with E-state index in [0.717, 1.165) is 0 Å². The summed E-state index contributed by atoms with van der Waals surface area (Å²) in [6, 6.07) is 19.6. The highest BCUT2D eigenvalue weighted by atomic mass is 35.5. The first-order chi connectivity index (χ1) is 13.9. The van der Waals surface area contributed by atoms with E-state index in [1.807, 2.05) is 0 Å². The molecule has 0 aliphatic heterocycles. The topological polar surface area (TPSA) is 84.5 Å². The van der Waals surface area contributed by atoms with Gasteiger partial charge in [0.25, 0.3) is 11.8 Å². The van der Waals surface area contributed by atoms with Crippen LogP contribution < -0.4 is 15.4 Å². The molecule has 0 atom stereocenters. The summed E-state index contributed by atoms with van der Waals surface area (Å²) in [5, 5.41) is 6.07. The molecule has 3 aromatic rings. The maximum Gasteiger partial charge on any atom is 0.308 e. The number of halogens is 1. The van der Waals surface area contributed by atoms with Crippen LogP contribution in [0.5, 0.6) is 5.75 Å². The van der Waals surface area contributed by atoms with Gasteiger partial charge in [0, 0.05) is 23.1 Å². The van der Waals surface area contributed by atoms with Crippen molar-refractivity contribution in [1.29, 1.82) is 0 Å². The molecule has 7 heteroatoms. The van der Waals surface area contributed by atoms with Gasteiger partial charge in [0.15, 0.2) is 0 Å². The van der Waals surface area contributed by atoms with Crippen molar-refractivity contribution < 1.29 is 19.1 Å². The van der Waals surface area contributed by atoms with Crippen LogP contribution in [0.3, 0.4) is 0 Å². The van der Waals surface area contributed by atoms with E-state index in [9.17, 15) is 14.4 Å². The van der Waals surface area contributed by atoms with Crippen molar-refractivity contribution in [3.05, 3.63) is 88.9 Å².